The third kappa shape index (κ3) is 2.06. The summed E-state index contributed by atoms with van der Waals surface area (Å²) >= 11 is 0. The Labute approximate surface area is 140 Å². The van der Waals surface area contributed by atoms with E-state index in [0.29, 0.717) is 13.1 Å². The van der Waals surface area contributed by atoms with Crippen molar-refractivity contribution in [3.63, 3.8) is 0 Å². The van der Waals surface area contributed by atoms with Crippen LogP contribution in [0.15, 0.2) is 36.4 Å². The van der Waals surface area contributed by atoms with Gasteiger partial charge >= 0.3 is 5.97 Å². The normalized spacial score (nSPS) is 33.2. The zero-order valence-corrected chi connectivity index (χ0v) is 13.7. The summed E-state index contributed by atoms with van der Waals surface area (Å²) in [7, 11) is 3.96. The van der Waals surface area contributed by atoms with Crippen LogP contribution in [0.4, 0.5) is 5.69 Å². The molecule has 0 aromatic heterocycles. The van der Waals surface area contributed by atoms with Crippen molar-refractivity contribution in [2.75, 3.05) is 25.5 Å². The lowest BCUT2D eigenvalue weighted by atomic mass is 9.77. The predicted octanol–water partition coefficient (Wildman–Crippen LogP) is 1.12. The second kappa shape index (κ2) is 5.08. The Morgan fingerprint density at radius 3 is 2.71 bits per heavy atom. The highest BCUT2D eigenvalue weighted by molar-refractivity contribution is 5.90. The lowest BCUT2D eigenvalue weighted by Crippen LogP contribution is -2.39. The molecule has 0 unspecified atom stereocenters. The molecule has 1 spiro atoms. The summed E-state index contributed by atoms with van der Waals surface area (Å²) in [4.78, 5) is 28.1. The van der Waals surface area contributed by atoms with Crippen LogP contribution < -0.4 is 4.90 Å². The topological polar surface area (TPSA) is 70.1 Å². The van der Waals surface area contributed by atoms with Crippen LogP contribution >= 0.6 is 0 Å². The van der Waals surface area contributed by atoms with Gasteiger partial charge in [0.1, 0.15) is 11.5 Å². The number of hydrogen-bond donors (Lipinski definition) is 1. The summed E-state index contributed by atoms with van der Waals surface area (Å²) in [5.74, 6) is -2.46. The largest absolute Gasteiger partial charge is 0.481 e. The van der Waals surface area contributed by atoms with Crippen molar-refractivity contribution in [2.24, 2.45) is 11.8 Å². The number of nitrogens with zero attached hydrogens (tertiary/aromatic N) is 2. The van der Waals surface area contributed by atoms with Gasteiger partial charge in [-0.05, 0) is 17.7 Å². The third-order valence-corrected chi connectivity index (χ3v) is 5.29. The number of benzene rings is 1. The molecule has 0 aliphatic carbocycles. The van der Waals surface area contributed by atoms with E-state index in [4.69, 9.17) is 4.74 Å². The Balaban J connectivity index is 1.55. The van der Waals surface area contributed by atoms with Crippen LogP contribution in [0.1, 0.15) is 5.56 Å². The van der Waals surface area contributed by atoms with Crippen molar-refractivity contribution in [2.45, 2.75) is 18.2 Å². The van der Waals surface area contributed by atoms with Gasteiger partial charge in [0.25, 0.3) is 0 Å². The molecule has 4 rings (SSSR count). The zero-order chi connectivity index (χ0) is 17.1. The van der Waals surface area contributed by atoms with Crippen molar-refractivity contribution in [3.05, 3.63) is 42.0 Å². The summed E-state index contributed by atoms with van der Waals surface area (Å²) in [6.07, 6.45) is 3.20. The first-order valence-corrected chi connectivity index (χ1v) is 8.06. The Bertz CT molecular complexity index is 727. The van der Waals surface area contributed by atoms with Gasteiger partial charge in [-0.3, -0.25) is 9.59 Å². The number of likely N-dealkylation sites (tertiary alicyclic amines) is 1. The first-order valence-electron chi connectivity index (χ1n) is 8.06. The summed E-state index contributed by atoms with van der Waals surface area (Å²) in [6, 6.07) is 8.02. The Hall–Kier alpha value is -2.34. The van der Waals surface area contributed by atoms with E-state index < -0.39 is 29.5 Å². The molecule has 4 atom stereocenters. The average Bonchev–Trinajstić information content (AvgIpc) is 3.16. The Morgan fingerprint density at radius 2 is 2.08 bits per heavy atom. The fourth-order valence-corrected chi connectivity index (χ4v) is 4.11. The lowest BCUT2D eigenvalue weighted by molar-refractivity contribution is -0.148. The molecule has 2 saturated heterocycles. The monoisotopic (exact) mass is 328 g/mol. The van der Waals surface area contributed by atoms with Crippen molar-refractivity contribution in [1.29, 1.82) is 0 Å². The minimum absolute atomic E-state index is 0.120. The second-order valence-corrected chi connectivity index (χ2v) is 6.99. The molecule has 2 bridgehead atoms. The third-order valence-electron chi connectivity index (χ3n) is 5.29. The van der Waals surface area contributed by atoms with E-state index in [1.807, 2.05) is 49.3 Å². The molecule has 6 heteroatoms. The maximum atomic E-state index is 12.8. The number of carboxylic acid groups (broad SMARTS) is 1. The molecule has 24 heavy (non-hydrogen) atoms. The maximum Gasteiger partial charge on any atom is 0.310 e. The standard InChI is InChI=1S/C18H20N2O4/c1-19(2)12-5-3-11(4-6-12)9-20-10-18-8-7-13(24-18)14(17(22)23)15(18)16(20)21/h3-8,13-15H,9-10H2,1-2H3,(H,22,23)/t13-,14-,15-,18+/m0/s1. The number of ether oxygens (including phenoxy) is 1. The van der Waals surface area contributed by atoms with Crippen LogP contribution in [-0.4, -0.2) is 54.2 Å². The molecule has 1 amide bonds. The number of carbonyl (C=O) groups is 2. The molecule has 0 saturated carbocycles. The molecule has 1 aromatic carbocycles. The Kier molecular flexibility index (Phi) is 3.22. The van der Waals surface area contributed by atoms with Crippen LogP contribution in [0.5, 0.6) is 0 Å². The fraction of sp³-hybridized carbons (Fsp3) is 0.444. The van der Waals surface area contributed by atoms with Gasteiger partial charge < -0.3 is 19.6 Å². The molecule has 126 valence electrons. The SMILES string of the molecule is CN(C)c1ccc(CN2C[C@@]34C=C[C@H](O3)[C@H](C(=O)O)[C@H]4C2=O)cc1. The van der Waals surface area contributed by atoms with E-state index in [9.17, 15) is 14.7 Å². The van der Waals surface area contributed by atoms with Crippen molar-refractivity contribution >= 4 is 17.6 Å². The lowest BCUT2D eigenvalue weighted by Gasteiger charge is -2.21. The number of amides is 1. The van der Waals surface area contributed by atoms with E-state index in [0.717, 1.165) is 11.3 Å². The van der Waals surface area contributed by atoms with E-state index in [1.54, 1.807) is 11.0 Å². The number of carboxylic acids is 1. The molecule has 3 aliphatic rings. The van der Waals surface area contributed by atoms with Crippen molar-refractivity contribution in [1.82, 2.24) is 4.90 Å². The van der Waals surface area contributed by atoms with E-state index in [1.165, 1.54) is 0 Å². The van der Waals surface area contributed by atoms with Crippen LogP contribution in [0, 0.1) is 11.8 Å². The zero-order valence-electron chi connectivity index (χ0n) is 13.7. The maximum absolute atomic E-state index is 12.8. The average molecular weight is 328 g/mol. The van der Waals surface area contributed by atoms with Gasteiger partial charge in [-0.1, -0.05) is 24.3 Å². The van der Waals surface area contributed by atoms with Crippen molar-refractivity contribution in [3.8, 4) is 0 Å². The van der Waals surface area contributed by atoms with Crippen LogP contribution in [0.2, 0.25) is 0 Å². The molecule has 3 heterocycles. The van der Waals surface area contributed by atoms with Crippen LogP contribution in [0.25, 0.3) is 0 Å². The molecule has 6 nitrogen and oxygen atoms in total. The quantitative estimate of drug-likeness (QED) is 0.839. The predicted molar refractivity (Wildman–Crippen MR) is 87.5 cm³/mol. The van der Waals surface area contributed by atoms with Crippen LogP contribution in [0.3, 0.4) is 0 Å². The number of anilines is 1. The fourth-order valence-electron chi connectivity index (χ4n) is 4.11. The van der Waals surface area contributed by atoms with Gasteiger partial charge in [0, 0.05) is 26.3 Å². The number of hydrogen-bond acceptors (Lipinski definition) is 4. The highest BCUT2D eigenvalue weighted by Crippen LogP contribution is 2.52. The molecular formula is C18H20N2O4. The van der Waals surface area contributed by atoms with Gasteiger partial charge in [0.05, 0.1) is 18.6 Å². The molecule has 3 aliphatic heterocycles. The van der Waals surface area contributed by atoms with E-state index in [2.05, 4.69) is 0 Å². The number of carbonyl (C=O) groups excluding carboxylic acids is 1. The minimum atomic E-state index is -0.957. The van der Waals surface area contributed by atoms with Crippen molar-refractivity contribution < 1.29 is 19.4 Å². The molecular weight excluding hydrogens is 308 g/mol. The minimum Gasteiger partial charge on any atom is -0.481 e. The Morgan fingerprint density at radius 1 is 1.38 bits per heavy atom. The number of rotatable bonds is 4. The van der Waals surface area contributed by atoms with Crippen LogP contribution in [-0.2, 0) is 20.9 Å². The summed E-state index contributed by atoms with van der Waals surface area (Å²) in [5, 5.41) is 9.47. The molecule has 1 N–H and O–H groups in total. The smallest absolute Gasteiger partial charge is 0.310 e. The summed E-state index contributed by atoms with van der Waals surface area (Å²) in [6.45, 7) is 0.891. The van der Waals surface area contributed by atoms with E-state index >= 15 is 0 Å². The molecule has 0 radical (unpaired) electrons. The second-order valence-electron chi connectivity index (χ2n) is 6.99. The van der Waals surface area contributed by atoms with Gasteiger partial charge in [-0.25, -0.2) is 0 Å². The van der Waals surface area contributed by atoms with Gasteiger partial charge in [0.2, 0.25) is 5.91 Å². The number of fused-ring (bicyclic) bond motifs is 1. The van der Waals surface area contributed by atoms with E-state index in [-0.39, 0.29) is 5.91 Å². The first-order chi connectivity index (χ1) is 11.4. The van der Waals surface area contributed by atoms with Gasteiger partial charge in [-0.2, -0.15) is 0 Å². The highest BCUT2D eigenvalue weighted by atomic mass is 16.5. The van der Waals surface area contributed by atoms with Gasteiger partial charge in [-0.15, -0.1) is 0 Å². The first kappa shape index (κ1) is 15.2. The number of aliphatic carboxylic acids is 1. The highest BCUT2D eigenvalue weighted by Gasteiger charge is 2.66. The molecule has 1 aromatic rings. The summed E-state index contributed by atoms with van der Waals surface area (Å²) < 4.78 is 5.89. The summed E-state index contributed by atoms with van der Waals surface area (Å²) in [5.41, 5.74) is 1.36. The van der Waals surface area contributed by atoms with Gasteiger partial charge in [0.15, 0.2) is 0 Å². The molecule has 2 fully saturated rings.